The van der Waals surface area contributed by atoms with Crippen LogP contribution in [0.15, 0.2) is 18.2 Å². The molecule has 0 aromatic heterocycles. The Balaban J connectivity index is 2.95. The molecule has 0 heterocycles. The number of carbonyl (C=O) groups is 1. The summed E-state index contributed by atoms with van der Waals surface area (Å²) in [6, 6.07) is 4.31. The summed E-state index contributed by atoms with van der Waals surface area (Å²) in [5, 5.41) is 19.4. The summed E-state index contributed by atoms with van der Waals surface area (Å²) in [4.78, 5) is 20.6. The first-order chi connectivity index (χ1) is 7.41. The third-order valence-corrected chi connectivity index (χ3v) is 2.49. The summed E-state index contributed by atoms with van der Waals surface area (Å²) in [7, 11) is 0. The number of carboxylic acids is 1. The van der Waals surface area contributed by atoms with Crippen LogP contribution in [0.25, 0.3) is 0 Å². The van der Waals surface area contributed by atoms with Crippen molar-refractivity contribution in [3.05, 3.63) is 38.9 Å². The van der Waals surface area contributed by atoms with E-state index in [-0.39, 0.29) is 17.1 Å². The number of benzene rings is 1. The summed E-state index contributed by atoms with van der Waals surface area (Å²) < 4.78 is 0. The van der Waals surface area contributed by atoms with Crippen molar-refractivity contribution >= 4 is 23.3 Å². The Kier molecular flexibility index (Phi) is 3.84. The van der Waals surface area contributed by atoms with E-state index in [9.17, 15) is 14.9 Å². The van der Waals surface area contributed by atoms with Crippen LogP contribution in [0.2, 0.25) is 5.02 Å². The molecular formula is C10H10ClNO4. The molecule has 0 aliphatic rings. The minimum atomic E-state index is -0.933. The smallest absolute Gasteiger partial charge is 0.306 e. The third-order valence-electron chi connectivity index (χ3n) is 2.17. The first-order valence-corrected chi connectivity index (χ1v) is 4.95. The number of rotatable bonds is 4. The molecule has 0 bridgehead atoms. The lowest BCUT2D eigenvalue weighted by Gasteiger charge is -2.06. The second kappa shape index (κ2) is 4.94. The first kappa shape index (κ1) is 12.4. The van der Waals surface area contributed by atoms with Crippen LogP contribution in [-0.2, 0) is 11.2 Å². The molecule has 16 heavy (non-hydrogen) atoms. The molecule has 1 aromatic rings. The third kappa shape index (κ3) is 2.93. The van der Waals surface area contributed by atoms with Crippen LogP contribution >= 0.6 is 11.6 Å². The molecule has 0 spiro atoms. The number of halogens is 1. The van der Waals surface area contributed by atoms with Gasteiger partial charge in [-0.1, -0.05) is 24.6 Å². The van der Waals surface area contributed by atoms with E-state index in [1.165, 1.54) is 12.1 Å². The van der Waals surface area contributed by atoms with Crippen LogP contribution in [0.4, 0.5) is 5.69 Å². The van der Waals surface area contributed by atoms with Gasteiger partial charge in [-0.05, 0) is 18.1 Å². The number of nitro groups is 1. The molecule has 86 valence electrons. The molecule has 0 radical (unpaired) electrons. The number of nitrogens with zero attached hydrogens (tertiary/aromatic N) is 1. The van der Waals surface area contributed by atoms with E-state index in [2.05, 4.69) is 0 Å². The van der Waals surface area contributed by atoms with Crippen molar-refractivity contribution in [2.24, 2.45) is 5.92 Å². The average molecular weight is 244 g/mol. The summed E-state index contributed by atoms with van der Waals surface area (Å²) in [5.74, 6) is -1.52. The van der Waals surface area contributed by atoms with E-state index >= 15 is 0 Å². The maximum atomic E-state index is 10.6. The number of hydrogen-bond acceptors (Lipinski definition) is 3. The normalized spacial score (nSPS) is 12.1. The van der Waals surface area contributed by atoms with Gasteiger partial charge in [0.05, 0.1) is 10.8 Å². The molecule has 0 amide bonds. The minimum absolute atomic E-state index is 0.0525. The van der Waals surface area contributed by atoms with Gasteiger partial charge in [0.15, 0.2) is 0 Å². The van der Waals surface area contributed by atoms with Crippen molar-refractivity contribution in [1.82, 2.24) is 0 Å². The minimum Gasteiger partial charge on any atom is -0.481 e. The number of nitro benzene ring substituents is 1. The van der Waals surface area contributed by atoms with Gasteiger partial charge in [-0.15, -0.1) is 0 Å². The molecule has 1 unspecified atom stereocenters. The largest absolute Gasteiger partial charge is 0.481 e. The van der Waals surface area contributed by atoms with Gasteiger partial charge in [-0.3, -0.25) is 14.9 Å². The fraction of sp³-hybridized carbons (Fsp3) is 0.300. The fourth-order valence-electron chi connectivity index (χ4n) is 1.27. The number of carboxylic acid groups (broad SMARTS) is 1. The van der Waals surface area contributed by atoms with Crippen LogP contribution in [0.1, 0.15) is 12.5 Å². The molecule has 1 rings (SSSR count). The van der Waals surface area contributed by atoms with Gasteiger partial charge >= 0.3 is 5.97 Å². The van der Waals surface area contributed by atoms with Crippen LogP contribution in [0.3, 0.4) is 0 Å². The number of hydrogen-bond donors (Lipinski definition) is 1. The summed E-state index contributed by atoms with van der Waals surface area (Å²) in [5.41, 5.74) is 0.391. The molecule has 5 nitrogen and oxygen atoms in total. The van der Waals surface area contributed by atoms with Gasteiger partial charge in [-0.2, -0.15) is 0 Å². The summed E-state index contributed by atoms with van der Waals surface area (Å²) in [6.45, 7) is 1.54. The number of aliphatic carboxylic acids is 1. The zero-order valence-corrected chi connectivity index (χ0v) is 9.27. The van der Waals surface area contributed by atoms with Gasteiger partial charge < -0.3 is 5.11 Å². The van der Waals surface area contributed by atoms with Gasteiger partial charge in [-0.25, -0.2) is 0 Å². The Morgan fingerprint density at radius 2 is 2.25 bits per heavy atom. The molecule has 0 saturated carbocycles. The Hall–Kier alpha value is -1.62. The van der Waals surface area contributed by atoms with Gasteiger partial charge in [0, 0.05) is 6.07 Å². The summed E-state index contributed by atoms with van der Waals surface area (Å²) in [6.07, 6.45) is 0.243. The Morgan fingerprint density at radius 1 is 1.62 bits per heavy atom. The first-order valence-electron chi connectivity index (χ1n) is 4.57. The van der Waals surface area contributed by atoms with E-state index in [1.54, 1.807) is 13.0 Å². The maximum Gasteiger partial charge on any atom is 0.306 e. The Bertz CT molecular complexity index is 433. The van der Waals surface area contributed by atoms with E-state index in [4.69, 9.17) is 16.7 Å². The zero-order chi connectivity index (χ0) is 12.3. The van der Waals surface area contributed by atoms with Crippen molar-refractivity contribution in [2.45, 2.75) is 13.3 Å². The average Bonchev–Trinajstić information content (AvgIpc) is 2.20. The van der Waals surface area contributed by atoms with Crippen molar-refractivity contribution in [3.63, 3.8) is 0 Å². The maximum absolute atomic E-state index is 10.6. The lowest BCUT2D eigenvalue weighted by molar-refractivity contribution is -0.384. The van der Waals surface area contributed by atoms with Gasteiger partial charge in [0.2, 0.25) is 0 Å². The molecule has 1 atom stereocenters. The van der Waals surface area contributed by atoms with Crippen molar-refractivity contribution in [1.29, 1.82) is 0 Å². The highest BCUT2D eigenvalue weighted by atomic mass is 35.5. The lowest BCUT2D eigenvalue weighted by atomic mass is 10.0. The quantitative estimate of drug-likeness (QED) is 0.651. The highest BCUT2D eigenvalue weighted by Crippen LogP contribution is 2.26. The van der Waals surface area contributed by atoms with Crippen LogP contribution < -0.4 is 0 Å². The molecule has 0 fully saturated rings. The van der Waals surface area contributed by atoms with Crippen molar-refractivity contribution in [3.8, 4) is 0 Å². The van der Waals surface area contributed by atoms with Crippen LogP contribution in [0.5, 0.6) is 0 Å². The SMILES string of the molecule is CC(Cc1ccc(Cl)c([N+](=O)[O-])c1)C(=O)O. The lowest BCUT2D eigenvalue weighted by Crippen LogP contribution is -2.12. The standard InChI is InChI=1S/C10H10ClNO4/c1-6(10(13)14)4-7-2-3-8(11)9(5-7)12(15)16/h2-3,5-6H,4H2,1H3,(H,13,14). The van der Waals surface area contributed by atoms with E-state index in [0.717, 1.165) is 0 Å². The van der Waals surface area contributed by atoms with E-state index < -0.39 is 16.8 Å². The zero-order valence-electron chi connectivity index (χ0n) is 8.51. The highest BCUT2D eigenvalue weighted by Gasteiger charge is 2.16. The molecule has 0 aliphatic carbocycles. The molecule has 0 saturated heterocycles. The molecule has 1 aromatic carbocycles. The van der Waals surface area contributed by atoms with Crippen molar-refractivity contribution in [2.75, 3.05) is 0 Å². The van der Waals surface area contributed by atoms with Crippen molar-refractivity contribution < 1.29 is 14.8 Å². The predicted octanol–water partition coefficient (Wildman–Crippen LogP) is 2.51. The Labute approximate surface area is 96.8 Å². The van der Waals surface area contributed by atoms with E-state index in [0.29, 0.717) is 5.56 Å². The molecular weight excluding hydrogens is 234 g/mol. The molecule has 1 N–H and O–H groups in total. The fourth-order valence-corrected chi connectivity index (χ4v) is 1.45. The van der Waals surface area contributed by atoms with E-state index in [1.807, 2.05) is 0 Å². The monoisotopic (exact) mass is 243 g/mol. The van der Waals surface area contributed by atoms with Gasteiger partial charge in [0.1, 0.15) is 5.02 Å². The summed E-state index contributed by atoms with van der Waals surface area (Å²) >= 11 is 5.63. The predicted molar refractivity (Wildman–Crippen MR) is 58.6 cm³/mol. The molecule has 0 aliphatic heterocycles. The topological polar surface area (TPSA) is 80.4 Å². The molecule has 6 heteroatoms. The van der Waals surface area contributed by atoms with Crippen LogP contribution in [0, 0.1) is 16.0 Å². The second-order valence-electron chi connectivity index (χ2n) is 3.49. The van der Waals surface area contributed by atoms with Crippen LogP contribution in [-0.4, -0.2) is 16.0 Å². The highest BCUT2D eigenvalue weighted by molar-refractivity contribution is 6.32. The Morgan fingerprint density at radius 3 is 2.75 bits per heavy atom. The van der Waals surface area contributed by atoms with Gasteiger partial charge in [0.25, 0.3) is 5.69 Å². The second-order valence-corrected chi connectivity index (χ2v) is 3.89.